The van der Waals surface area contributed by atoms with E-state index in [4.69, 9.17) is 10.8 Å². The number of nitrogens with two attached hydrogens (primary N) is 1. The van der Waals surface area contributed by atoms with Gasteiger partial charge in [-0.3, -0.25) is 5.73 Å². The molecule has 0 saturated heterocycles. The molecular weight excluding hydrogens is 282 g/mol. The fourth-order valence-corrected chi connectivity index (χ4v) is 4.06. The van der Waals surface area contributed by atoms with Gasteiger partial charge in [-0.15, -0.1) is 0 Å². The first-order chi connectivity index (χ1) is 9.22. The second-order valence-corrected chi connectivity index (χ2v) is 7.05. The van der Waals surface area contributed by atoms with E-state index in [0.717, 1.165) is 4.31 Å². The number of hydrogen-bond acceptors (Lipinski definition) is 5. The lowest BCUT2D eigenvalue weighted by Gasteiger charge is -2.25. The van der Waals surface area contributed by atoms with Crippen LogP contribution < -0.4 is 5.73 Å². The van der Waals surface area contributed by atoms with Crippen LogP contribution >= 0.6 is 0 Å². The van der Waals surface area contributed by atoms with E-state index in [0.29, 0.717) is 11.4 Å². The molecule has 2 rings (SSSR count). The molecule has 7 nitrogen and oxygen atoms in total. The van der Waals surface area contributed by atoms with Gasteiger partial charge in [0.1, 0.15) is 0 Å². The molecule has 1 heterocycles. The maximum atomic E-state index is 12.3. The highest BCUT2D eigenvalue weighted by Gasteiger charge is 2.38. The monoisotopic (exact) mass is 299 g/mol. The van der Waals surface area contributed by atoms with Crippen LogP contribution in [0.4, 0.5) is 0 Å². The molecule has 2 aliphatic rings. The van der Waals surface area contributed by atoms with Crippen molar-refractivity contribution in [2.24, 2.45) is 16.6 Å². The Morgan fingerprint density at radius 1 is 1.60 bits per heavy atom. The number of nitrogens with zero attached hydrogens (tertiary/aromatic N) is 2. The second-order valence-electron chi connectivity index (χ2n) is 5.16. The molecule has 110 valence electrons. The van der Waals surface area contributed by atoms with E-state index in [1.54, 1.807) is 19.9 Å². The summed E-state index contributed by atoms with van der Waals surface area (Å²) in [6.45, 7) is 3.61. The van der Waals surface area contributed by atoms with Crippen molar-refractivity contribution in [2.45, 2.75) is 26.6 Å². The summed E-state index contributed by atoms with van der Waals surface area (Å²) in [4.78, 5) is 15.0. The molecule has 20 heavy (non-hydrogen) atoms. The van der Waals surface area contributed by atoms with Crippen LogP contribution in [0, 0.1) is 5.92 Å². The van der Waals surface area contributed by atoms with E-state index in [2.05, 4.69) is 4.99 Å². The molecule has 1 aliphatic carbocycles. The molecule has 0 aromatic carbocycles. The predicted molar refractivity (Wildman–Crippen MR) is 74.3 cm³/mol. The van der Waals surface area contributed by atoms with Crippen LogP contribution in [0.15, 0.2) is 28.4 Å². The van der Waals surface area contributed by atoms with Crippen molar-refractivity contribution in [1.29, 1.82) is 0 Å². The fourth-order valence-electron chi connectivity index (χ4n) is 2.22. The SMILES string of the molecule is CC(C)CS(=O)(=O)N1C2=CCC(C(=O)O)=CC2=NC1N. The van der Waals surface area contributed by atoms with Crippen LogP contribution in [0.2, 0.25) is 0 Å². The topological polar surface area (TPSA) is 113 Å². The van der Waals surface area contributed by atoms with Crippen molar-refractivity contribution in [3.05, 3.63) is 23.4 Å². The van der Waals surface area contributed by atoms with Crippen molar-refractivity contribution >= 4 is 21.7 Å². The van der Waals surface area contributed by atoms with Crippen LogP contribution in [0.5, 0.6) is 0 Å². The Kier molecular flexibility index (Phi) is 3.70. The highest BCUT2D eigenvalue weighted by Crippen LogP contribution is 2.29. The molecule has 0 spiro atoms. The lowest BCUT2D eigenvalue weighted by molar-refractivity contribution is -0.132. The number of hydrogen-bond donors (Lipinski definition) is 2. The Hall–Kier alpha value is -1.67. The summed E-state index contributed by atoms with van der Waals surface area (Å²) in [6, 6.07) is 0. The van der Waals surface area contributed by atoms with Crippen LogP contribution in [0.1, 0.15) is 20.3 Å². The predicted octanol–water partition coefficient (Wildman–Crippen LogP) is 0.270. The summed E-state index contributed by atoms with van der Waals surface area (Å²) in [7, 11) is -3.57. The summed E-state index contributed by atoms with van der Waals surface area (Å²) in [5.74, 6) is -1.11. The molecule has 3 N–H and O–H groups in total. The molecule has 0 amide bonds. The normalized spacial score (nSPS) is 22.3. The van der Waals surface area contributed by atoms with Gasteiger partial charge < -0.3 is 5.11 Å². The first kappa shape index (κ1) is 14.7. The number of rotatable bonds is 4. The quantitative estimate of drug-likeness (QED) is 0.773. The Morgan fingerprint density at radius 3 is 2.80 bits per heavy atom. The van der Waals surface area contributed by atoms with Gasteiger partial charge in [0.05, 0.1) is 17.2 Å². The zero-order valence-electron chi connectivity index (χ0n) is 11.3. The molecule has 0 radical (unpaired) electrons. The zero-order chi connectivity index (χ0) is 15.1. The van der Waals surface area contributed by atoms with Crippen LogP contribution in [0.25, 0.3) is 0 Å². The van der Waals surface area contributed by atoms with E-state index >= 15 is 0 Å². The van der Waals surface area contributed by atoms with Gasteiger partial charge in [-0.05, 0) is 18.4 Å². The third-order valence-electron chi connectivity index (χ3n) is 2.96. The summed E-state index contributed by atoms with van der Waals surface area (Å²) >= 11 is 0. The molecule has 8 heteroatoms. The highest BCUT2D eigenvalue weighted by atomic mass is 32.2. The number of carboxylic acid groups (broad SMARTS) is 1. The summed E-state index contributed by atoms with van der Waals surface area (Å²) in [6.07, 6.45) is 2.06. The van der Waals surface area contributed by atoms with Gasteiger partial charge in [0, 0.05) is 5.57 Å². The van der Waals surface area contributed by atoms with Gasteiger partial charge in [-0.25, -0.2) is 22.5 Å². The van der Waals surface area contributed by atoms with Gasteiger partial charge >= 0.3 is 5.97 Å². The van der Waals surface area contributed by atoms with Crippen molar-refractivity contribution in [2.75, 3.05) is 5.75 Å². The molecular formula is C12H17N3O4S. The number of aliphatic imine (C=N–C) groups is 1. The molecule has 0 aromatic heterocycles. The molecule has 0 saturated carbocycles. The summed E-state index contributed by atoms with van der Waals surface area (Å²) in [5, 5.41) is 8.95. The standard InChI is InChI=1S/C12H17N3O4S/c1-7(2)6-20(18,19)15-10-4-3-8(11(16)17)5-9(10)14-12(15)13/h4-5,7,12H,3,6,13H2,1-2H3,(H,16,17). The van der Waals surface area contributed by atoms with E-state index in [9.17, 15) is 13.2 Å². The molecule has 0 bridgehead atoms. The second kappa shape index (κ2) is 5.02. The fraction of sp³-hybridized carbons (Fsp3) is 0.500. The van der Waals surface area contributed by atoms with Gasteiger partial charge in [0.25, 0.3) is 0 Å². The first-order valence-corrected chi connectivity index (χ1v) is 7.83. The molecule has 0 aromatic rings. The minimum absolute atomic E-state index is 0.0314. The first-order valence-electron chi connectivity index (χ1n) is 6.22. The third kappa shape index (κ3) is 2.61. The Morgan fingerprint density at radius 2 is 2.25 bits per heavy atom. The van der Waals surface area contributed by atoms with Crippen molar-refractivity contribution in [3.63, 3.8) is 0 Å². The average molecular weight is 299 g/mol. The Balaban J connectivity index is 2.33. The largest absolute Gasteiger partial charge is 0.478 e. The molecule has 1 atom stereocenters. The van der Waals surface area contributed by atoms with Gasteiger partial charge in [-0.1, -0.05) is 19.9 Å². The maximum Gasteiger partial charge on any atom is 0.331 e. The van der Waals surface area contributed by atoms with E-state index in [-0.39, 0.29) is 23.7 Å². The minimum Gasteiger partial charge on any atom is -0.478 e. The van der Waals surface area contributed by atoms with Crippen molar-refractivity contribution in [3.8, 4) is 0 Å². The van der Waals surface area contributed by atoms with Crippen LogP contribution in [-0.4, -0.2) is 41.6 Å². The van der Waals surface area contributed by atoms with E-state index in [1.807, 2.05) is 0 Å². The third-order valence-corrected chi connectivity index (χ3v) is 5.06. The number of aliphatic carboxylic acids is 1. The lowest BCUT2D eigenvalue weighted by Crippen LogP contribution is -2.42. The molecule has 0 fully saturated rings. The van der Waals surface area contributed by atoms with E-state index < -0.39 is 22.3 Å². The number of allylic oxidation sites excluding steroid dienone is 2. The van der Waals surface area contributed by atoms with Crippen molar-refractivity contribution < 1.29 is 18.3 Å². The van der Waals surface area contributed by atoms with Gasteiger partial charge in [0.15, 0.2) is 6.29 Å². The van der Waals surface area contributed by atoms with Crippen LogP contribution in [-0.2, 0) is 14.8 Å². The summed E-state index contributed by atoms with van der Waals surface area (Å²) < 4.78 is 25.7. The lowest BCUT2D eigenvalue weighted by atomic mass is 10.0. The Bertz CT molecular complexity index is 631. The number of carbonyl (C=O) groups is 1. The smallest absolute Gasteiger partial charge is 0.331 e. The molecule has 1 aliphatic heterocycles. The molecule has 1 unspecified atom stereocenters. The van der Waals surface area contributed by atoms with Gasteiger partial charge in [-0.2, -0.15) is 0 Å². The van der Waals surface area contributed by atoms with Crippen LogP contribution in [0.3, 0.4) is 0 Å². The van der Waals surface area contributed by atoms with Crippen molar-refractivity contribution in [1.82, 2.24) is 4.31 Å². The van der Waals surface area contributed by atoms with E-state index in [1.165, 1.54) is 6.08 Å². The maximum absolute atomic E-state index is 12.3. The zero-order valence-corrected chi connectivity index (χ0v) is 12.1. The van der Waals surface area contributed by atoms with Gasteiger partial charge in [0.2, 0.25) is 10.0 Å². The minimum atomic E-state index is -3.57. The summed E-state index contributed by atoms with van der Waals surface area (Å²) in [5.41, 5.74) is 6.62. The highest BCUT2D eigenvalue weighted by molar-refractivity contribution is 7.89. The number of sulfonamides is 1. The Labute approximate surface area is 117 Å². The number of carboxylic acids is 1. The number of fused-ring (bicyclic) bond motifs is 1. The average Bonchev–Trinajstić information content (AvgIpc) is 2.62.